The summed E-state index contributed by atoms with van der Waals surface area (Å²) in [6.45, 7) is -1.15. The van der Waals surface area contributed by atoms with Gasteiger partial charge in [-0.3, -0.25) is 4.79 Å². The quantitative estimate of drug-likeness (QED) is 0.714. The van der Waals surface area contributed by atoms with Gasteiger partial charge in [-0.05, 0) is 40.3 Å². The standard InChI is InChI=1S/C17H14F3N5O2/c18-17(19,20)10-27-13-7-5-12(6-8-13)9-21-16(26)14-3-1-2-4-15(14)25-11-22-23-24-25/h1-8,11H,9-10H2,(H,21,26). The fourth-order valence-corrected chi connectivity index (χ4v) is 2.28. The number of para-hydroxylation sites is 1. The van der Waals surface area contributed by atoms with E-state index in [-0.39, 0.29) is 18.2 Å². The van der Waals surface area contributed by atoms with E-state index in [0.717, 1.165) is 0 Å². The molecule has 0 saturated heterocycles. The van der Waals surface area contributed by atoms with Crippen molar-refractivity contribution in [3.63, 3.8) is 0 Å². The number of nitrogens with zero attached hydrogens (tertiary/aromatic N) is 4. The third-order valence-electron chi connectivity index (χ3n) is 3.52. The predicted octanol–water partition coefficient (Wildman–Crippen LogP) is 2.53. The lowest BCUT2D eigenvalue weighted by atomic mass is 10.1. The first kappa shape index (κ1) is 18.4. The van der Waals surface area contributed by atoms with E-state index in [1.807, 2.05) is 0 Å². The maximum Gasteiger partial charge on any atom is 0.422 e. The lowest BCUT2D eigenvalue weighted by molar-refractivity contribution is -0.153. The average Bonchev–Trinajstić information content (AvgIpc) is 3.19. The van der Waals surface area contributed by atoms with Crippen molar-refractivity contribution >= 4 is 5.91 Å². The summed E-state index contributed by atoms with van der Waals surface area (Å²) in [7, 11) is 0. The van der Waals surface area contributed by atoms with Gasteiger partial charge in [0.1, 0.15) is 12.1 Å². The fraction of sp³-hybridized carbons (Fsp3) is 0.176. The number of aromatic nitrogens is 4. The minimum atomic E-state index is -4.39. The van der Waals surface area contributed by atoms with Gasteiger partial charge in [0.2, 0.25) is 0 Å². The topological polar surface area (TPSA) is 81.9 Å². The van der Waals surface area contributed by atoms with Crippen molar-refractivity contribution in [2.45, 2.75) is 12.7 Å². The van der Waals surface area contributed by atoms with E-state index in [9.17, 15) is 18.0 Å². The zero-order chi connectivity index (χ0) is 19.3. The van der Waals surface area contributed by atoms with Crippen LogP contribution in [0.3, 0.4) is 0 Å². The summed E-state index contributed by atoms with van der Waals surface area (Å²) in [5, 5.41) is 13.6. The van der Waals surface area contributed by atoms with Gasteiger partial charge in [0, 0.05) is 6.54 Å². The van der Waals surface area contributed by atoms with Crippen molar-refractivity contribution in [1.29, 1.82) is 0 Å². The highest BCUT2D eigenvalue weighted by Gasteiger charge is 2.28. The zero-order valence-corrected chi connectivity index (χ0v) is 13.8. The Morgan fingerprint density at radius 3 is 2.52 bits per heavy atom. The van der Waals surface area contributed by atoms with Gasteiger partial charge in [-0.2, -0.15) is 17.9 Å². The molecule has 1 amide bonds. The number of hydrogen-bond acceptors (Lipinski definition) is 5. The Hall–Kier alpha value is -3.43. The third kappa shape index (κ3) is 5.03. The van der Waals surface area contributed by atoms with E-state index in [0.29, 0.717) is 16.8 Å². The van der Waals surface area contributed by atoms with Crippen LogP contribution in [0.25, 0.3) is 5.69 Å². The van der Waals surface area contributed by atoms with Crippen LogP contribution < -0.4 is 10.1 Å². The number of benzene rings is 2. The highest BCUT2D eigenvalue weighted by atomic mass is 19.4. The molecule has 0 spiro atoms. The maximum atomic E-state index is 12.5. The fourth-order valence-electron chi connectivity index (χ4n) is 2.28. The molecule has 1 aromatic heterocycles. The molecule has 0 aliphatic rings. The van der Waals surface area contributed by atoms with E-state index in [1.165, 1.54) is 23.1 Å². The van der Waals surface area contributed by atoms with Crippen LogP contribution in [0.5, 0.6) is 5.75 Å². The van der Waals surface area contributed by atoms with E-state index < -0.39 is 12.8 Å². The molecule has 3 aromatic rings. The Kier molecular flexibility index (Phi) is 5.34. The summed E-state index contributed by atoms with van der Waals surface area (Å²) in [6, 6.07) is 12.8. The lowest BCUT2D eigenvalue weighted by Crippen LogP contribution is -2.24. The molecule has 0 unspecified atom stereocenters. The average molecular weight is 377 g/mol. The molecule has 140 valence electrons. The third-order valence-corrected chi connectivity index (χ3v) is 3.52. The normalized spacial score (nSPS) is 11.2. The van der Waals surface area contributed by atoms with Crippen LogP contribution in [-0.4, -0.2) is 38.9 Å². The molecule has 1 heterocycles. The van der Waals surface area contributed by atoms with Crippen LogP contribution in [0.15, 0.2) is 54.9 Å². The molecule has 27 heavy (non-hydrogen) atoms. The van der Waals surface area contributed by atoms with Crippen LogP contribution in [0.1, 0.15) is 15.9 Å². The first-order chi connectivity index (χ1) is 12.9. The second-order valence-electron chi connectivity index (χ2n) is 5.50. The van der Waals surface area contributed by atoms with Crippen LogP contribution in [0.2, 0.25) is 0 Å². The molecule has 0 saturated carbocycles. The maximum absolute atomic E-state index is 12.5. The van der Waals surface area contributed by atoms with Crippen molar-refractivity contribution in [3.8, 4) is 11.4 Å². The van der Waals surface area contributed by atoms with Crippen molar-refractivity contribution in [1.82, 2.24) is 25.5 Å². The summed E-state index contributed by atoms with van der Waals surface area (Å²) in [5.74, 6) is -0.232. The van der Waals surface area contributed by atoms with Crippen LogP contribution in [0, 0.1) is 0 Å². The van der Waals surface area contributed by atoms with Gasteiger partial charge in [0.05, 0.1) is 11.3 Å². The predicted molar refractivity (Wildman–Crippen MR) is 88.3 cm³/mol. The number of rotatable bonds is 6. The zero-order valence-electron chi connectivity index (χ0n) is 13.8. The number of carbonyl (C=O) groups is 1. The molecule has 0 atom stereocenters. The summed E-state index contributed by atoms with van der Waals surface area (Å²) in [6.07, 6.45) is -3.01. The molecular weight excluding hydrogens is 363 g/mol. The minimum absolute atomic E-state index is 0.103. The smallest absolute Gasteiger partial charge is 0.422 e. The second-order valence-corrected chi connectivity index (χ2v) is 5.50. The number of carbonyl (C=O) groups excluding carboxylic acids is 1. The molecule has 0 aliphatic heterocycles. The Bertz CT molecular complexity index is 896. The monoisotopic (exact) mass is 377 g/mol. The van der Waals surface area contributed by atoms with Gasteiger partial charge in [-0.15, -0.1) is 5.10 Å². The number of ether oxygens (including phenoxy) is 1. The SMILES string of the molecule is O=C(NCc1ccc(OCC(F)(F)F)cc1)c1ccccc1-n1cnnn1. The first-order valence-electron chi connectivity index (χ1n) is 7.81. The molecule has 7 nitrogen and oxygen atoms in total. The lowest BCUT2D eigenvalue weighted by Gasteiger charge is -2.11. The van der Waals surface area contributed by atoms with Crippen LogP contribution in [0.4, 0.5) is 13.2 Å². The number of amides is 1. The number of alkyl halides is 3. The number of tetrazole rings is 1. The van der Waals surface area contributed by atoms with Gasteiger partial charge >= 0.3 is 6.18 Å². The molecule has 3 rings (SSSR count). The van der Waals surface area contributed by atoms with Gasteiger partial charge in [-0.1, -0.05) is 24.3 Å². The van der Waals surface area contributed by atoms with E-state index >= 15 is 0 Å². The molecule has 1 N–H and O–H groups in total. The molecule has 10 heteroatoms. The van der Waals surface area contributed by atoms with E-state index in [1.54, 1.807) is 36.4 Å². The number of hydrogen-bond donors (Lipinski definition) is 1. The summed E-state index contributed by atoms with van der Waals surface area (Å²) >= 11 is 0. The summed E-state index contributed by atoms with van der Waals surface area (Å²) < 4.78 is 42.4. The highest BCUT2D eigenvalue weighted by molar-refractivity contribution is 5.97. The van der Waals surface area contributed by atoms with E-state index in [2.05, 4.69) is 25.6 Å². The van der Waals surface area contributed by atoms with Crippen molar-refractivity contribution in [2.24, 2.45) is 0 Å². The van der Waals surface area contributed by atoms with Crippen LogP contribution >= 0.6 is 0 Å². The number of halogens is 3. The largest absolute Gasteiger partial charge is 0.484 e. The highest BCUT2D eigenvalue weighted by Crippen LogP contribution is 2.19. The van der Waals surface area contributed by atoms with Gasteiger partial charge < -0.3 is 10.1 Å². The van der Waals surface area contributed by atoms with Crippen molar-refractivity contribution < 1.29 is 22.7 Å². The Morgan fingerprint density at radius 2 is 1.85 bits per heavy atom. The Morgan fingerprint density at radius 1 is 1.11 bits per heavy atom. The van der Waals surface area contributed by atoms with Crippen molar-refractivity contribution in [3.05, 3.63) is 66.0 Å². The summed E-state index contributed by atoms with van der Waals surface area (Å²) in [5.41, 5.74) is 1.62. The minimum Gasteiger partial charge on any atom is -0.484 e. The molecular formula is C17H14F3N5O2. The Balaban J connectivity index is 1.62. The van der Waals surface area contributed by atoms with Gasteiger partial charge in [-0.25, -0.2) is 0 Å². The second kappa shape index (κ2) is 7.85. The molecule has 0 radical (unpaired) electrons. The van der Waals surface area contributed by atoms with Crippen LogP contribution in [-0.2, 0) is 6.54 Å². The number of nitrogens with one attached hydrogen (secondary N) is 1. The summed E-state index contributed by atoms with van der Waals surface area (Å²) in [4.78, 5) is 12.5. The molecule has 2 aromatic carbocycles. The molecule has 0 aliphatic carbocycles. The van der Waals surface area contributed by atoms with Gasteiger partial charge in [0.25, 0.3) is 5.91 Å². The molecule has 0 fully saturated rings. The van der Waals surface area contributed by atoms with E-state index in [4.69, 9.17) is 0 Å². The molecule has 0 bridgehead atoms. The van der Waals surface area contributed by atoms with Gasteiger partial charge in [0.15, 0.2) is 6.61 Å². The first-order valence-corrected chi connectivity index (χ1v) is 7.81. The van der Waals surface area contributed by atoms with Crippen molar-refractivity contribution in [2.75, 3.05) is 6.61 Å². The Labute approximate surface area is 151 Å².